The second kappa shape index (κ2) is 6.49. The van der Waals surface area contributed by atoms with E-state index >= 15 is 0 Å². The highest BCUT2D eigenvalue weighted by molar-refractivity contribution is 5.69. The molecule has 0 saturated carbocycles. The number of hydrogen-bond donors (Lipinski definition) is 0. The Kier molecular flexibility index (Phi) is 4.25. The molecule has 0 fully saturated rings. The molecule has 1 aromatic carbocycles. The molecular formula is C17H16FN3O. The Labute approximate surface area is 128 Å². The fraction of sp³-hybridized carbons (Fsp3) is 0.176. The Bertz CT molecular complexity index is 770. The monoisotopic (exact) mass is 297 g/mol. The lowest BCUT2D eigenvalue weighted by Gasteiger charge is -2.04. The van der Waals surface area contributed by atoms with Crippen LogP contribution in [-0.4, -0.2) is 28.5 Å². The summed E-state index contributed by atoms with van der Waals surface area (Å²) in [5.41, 5.74) is 2.86. The maximum Gasteiger partial charge on any atom is 0.149 e. The van der Waals surface area contributed by atoms with E-state index in [9.17, 15) is 4.39 Å². The number of hydrogen-bond acceptors (Lipinski definition) is 3. The van der Waals surface area contributed by atoms with Gasteiger partial charge in [0.05, 0.1) is 18.8 Å². The van der Waals surface area contributed by atoms with Crippen LogP contribution in [0, 0.1) is 5.82 Å². The molecule has 5 heteroatoms. The molecule has 112 valence electrons. The van der Waals surface area contributed by atoms with Crippen molar-refractivity contribution in [1.29, 1.82) is 0 Å². The van der Waals surface area contributed by atoms with Crippen LogP contribution in [0.2, 0.25) is 0 Å². The zero-order valence-electron chi connectivity index (χ0n) is 12.2. The van der Waals surface area contributed by atoms with Crippen LogP contribution in [0.15, 0.2) is 54.9 Å². The number of halogens is 1. The van der Waals surface area contributed by atoms with Crippen LogP contribution in [0.4, 0.5) is 4.39 Å². The zero-order chi connectivity index (χ0) is 15.4. The molecule has 0 atom stereocenters. The SMILES string of the molecule is COCCn1ccc(-c2cccc(-c3ncccc3F)c2)n1. The van der Waals surface area contributed by atoms with Crippen molar-refractivity contribution in [2.45, 2.75) is 6.54 Å². The lowest BCUT2D eigenvalue weighted by atomic mass is 10.1. The maximum atomic E-state index is 13.9. The van der Waals surface area contributed by atoms with Gasteiger partial charge in [-0.05, 0) is 24.3 Å². The first-order valence-electron chi connectivity index (χ1n) is 7.01. The predicted molar refractivity (Wildman–Crippen MR) is 82.7 cm³/mol. The molecule has 0 amide bonds. The summed E-state index contributed by atoms with van der Waals surface area (Å²) in [6.07, 6.45) is 3.49. The van der Waals surface area contributed by atoms with Crippen molar-refractivity contribution in [2.75, 3.05) is 13.7 Å². The third-order valence-electron chi connectivity index (χ3n) is 3.36. The molecule has 3 rings (SSSR count). The molecule has 0 aliphatic heterocycles. The maximum absolute atomic E-state index is 13.9. The predicted octanol–water partition coefficient (Wildman–Crippen LogP) is 3.40. The number of aromatic nitrogens is 3. The van der Waals surface area contributed by atoms with Gasteiger partial charge in [-0.3, -0.25) is 9.67 Å². The number of rotatable bonds is 5. The van der Waals surface area contributed by atoms with E-state index in [-0.39, 0.29) is 5.82 Å². The van der Waals surface area contributed by atoms with Crippen LogP contribution in [0.1, 0.15) is 0 Å². The third-order valence-corrected chi connectivity index (χ3v) is 3.36. The van der Waals surface area contributed by atoms with Crippen LogP contribution < -0.4 is 0 Å². The van der Waals surface area contributed by atoms with Gasteiger partial charge in [0.2, 0.25) is 0 Å². The summed E-state index contributed by atoms with van der Waals surface area (Å²) in [5.74, 6) is -0.328. The quantitative estimate of drug-likeness (QED) is 0.724. The molecule has 0 aliphatic rings. The van der Waals surface area contributed by atoms with E-state index in [0.717, 1.165) is 16.8 Å². The third kappa shape index (κ3) is 3.04. The van der Waals surface area contributed by atoms with E-state index in [1.54, 1.807) is 19.4 Å². The van der Waals surface area contributed by atoms with Crippen LogP contribution >= 0.6 is 0 Å². The molecular weight excluding hydrogens is 281 g/mol. The summed E-state index contributed by atoms with van der Waals surface area (Å²) in [5, 5.41) is 4.50. The van der Waals surface area contributed by atoms with E-state index < -0.39 is 0 Å². The highest BCUT2D eigenvalue weighted by Gasteiger charge is 2.08. The minimum atomic E-state index is -0.328. The van der Waals surface area contributed by atoms with Gasteiger partial charge in [-0.1, -0.05) is 18.2 Å². The fourth-order valence-corrected chi connectivity index (χ4v) is 2.25. The molecule has 0 spiro atoms. The highest BCUT2D eigenvalue weighted by Crippen LogP contribution is 2.25. The van der Waals surface area contributed by atoms with Crippen molar-refractivity contribution in [3.05, 3.63) is 60.7 Å². The van der Waals surface area contributed by atoms with Gasteiger partial charge in [0.1, 0.15) is 11.5 Å². The lowest BCUT2D eigenvalue weighted by Crippen LogP contribution is -2.04. The number of benzene rings is 1. The number of ether oxygens (including phenoxy) is 1. The van der Waals surface area contributed by atoms with Crippen molar-refractivity contribution < 1.29 is 9.13 Å². The summed E-state index contributed by atoms with van der Waals surface area (Å²) in [6.45, 7) is 1.31. The average molecular weight is 297 g/mol. The van der Waals surface area contributed by atoms with Gasteiger partial charge in [-0.25, -0.2) is 4.39 Å². The largest absolute Gasteiger partial charge is 0.383 e. The average Bonchev–Trinajstić information content (AvgIpc) is 3.02. The van der Waals surface area contributed by atoms with Gasteiger partial charge >= 0.3 is 0 Å². The number of methoxy groups -OCH3 is 1. The smallest absolute Gasteiger partial charge is 0.149 e. The number of pyridine rings is 1. The first-order valence-corrected chi connectivity index (χ1v) is 7.01. The van der Waals surface area contributed by atoms with Crippen LogP contribution in [0.25, 0.3) is 22.5 Å². The van der Waals surface area contributed by atoms with Gasteiger partial charge in [-0.2, -0.15) is 5.10 Å². The van der Waals surface area contributed by atoms with E-state index in [2.05, 4.69) is 10.1 Å². The molecule has 4 nitrogen and oxygen atoms in total. The van der Waals surface area contributed by atoms with Gasteiger partial charge < -0.3 is 4.74 Å². The number of nitrogens with zero attached hydrogens (tertiary/aromatic N) is 3. The van der Waals surface area contributed by atoms with Crippen LogP contribution in [-0.2, 0) is 11.3 Å². The summed E-state index contributed by atoms with van der Waals surface area (Å²) < 4.78 is 20.7. The molecule has 0 radical (unpaired) electrons. The Morgan fingerprint density at radius 1 is 1.14 bits per heavy atom. The van der Waals surface area contributed by atoms with E-state index in [1.165, 1.54) is 6.07 Å². The molecule has 0 saturated heterocycles. The highest BCUT2D eigenvalue weighted by atomic mass is 19.1. The van der Waals surface area contributed by atoms with Gasteiger partial charge in [0.25, 0.3) is 0 Å². The van der Waals surface area contributed by atoms with Crippen molar-refractivity contribution >= 4 is 0 Å². The van der Waals surface area contributed by atoms with Crippen molar-refractivity contribution in [3.8, 4) is 22.5 Å². The Balaban J connectivity index is 1.91. The van der Waals surface area contributed by atoms with Crippen molar-refractivity contribution in [3.63, 3.8) is 0 Å². The molecule has 0 N–H and O–H groups in total. The van der Waals surface area contributed by atoms with E-state index in [0.29, 0.717) is 18.8 Å². The molecule has 0 unspecified atom stereocenters. The first kappa shape index (κ1) is 14.4. The summed E-state index contributed by atoms with van der Waals surface area (Å²) in [6, 6.07) is 12.5. The normalized spacial score (nSPS) is 10.8. The Morgan fingerprint density at radius 2 is 2.00 bits per heavy atom. The Hall–Kier alpha value is -2.53. The van der Waals surface area contributed by atoms with Crippen LogP contribution in [0.3, 0.4) is 0 Å². The van der Waals surface area contributed by atoms with Gasteiger partial charge in [-0.15, -0.1) is 0 Å². The lowest BCUT2D eigenvalue weighted by molar-refractivity contribution is 0.183. The summed E-state index contributed by atoms with van der Waals surface area (Å²) in [4.78, 5) is 4.11. The van der Waals surface area contributed by atoms with Crippen LogP contribution in [0.5, 0.6) is 0 Å². The standard InChI is InChI=1S/C17H16FN3O/c1-22-11-10-21-9-7-16(20-21)13-4-2-5-14(12-13)17-15(18)6-3-8-19-17/h2-9,12H,10-11H2,1H3. The topological polar surface area (TPSA) is 39.9 Å². The second-order valence-corrected chi connectivity index (χ2v) is 4.87. The first-order chi connectivity index (χ1) is 10.8. The van der Waals surface area contributed by atoms with Crippen molar-refractivity contribution in [2.24, 2.45) is 0 Å². The Morgan fingerprint density at radius 3 is 2.82 bits per heavy atom. The zero-order valence-corrected chi connectivity index (χ0v) is 12.2. The van der Waals surface area contributed by atoms with Crippen molar-refractivity contribution in [1.82, 2.24) is 14.8 Å². The molecule has 2 aromatic heterocycles. The van der Waals surface area contributed by atoms with Gasteiger partial charge in [0.15, 0.2) is 0 Å². The van der Waals surface area contributed by atoms with E-state index in [1.807, 2.05) is 41.2 Å². The summed E-state index contributed by atoms with van der Waals surface area (Å²) in [7, 11) is 1.66. The van der Waals surface area contributed by atoms with Gasteiger partial charge in [0, 0.05) is 30.6 Å². The molecule has 0 aliphatic carbocycles. The summed E-state index contributed by atoms with van der Waals surface area (Å²) >= 11 is 0. The molecule has 3 aromatic rings. The fourth-order valence-electron chi connectivity index (χ4n) is 2.25. The van der Waals surface area contributed by atoms with E-state index in [4.69, 9.17) is 4.74 Å². The molecule has 2 heterocycles. The minimum absolute atomic E-state index is 0.328. The minimum Gasteiger partial charge on any atom is -0.383 e. The molecule has 22 heavy (non-hydrogen) atoms. The molecule has 0 bridgehead atoms. The second-order valence-electron chi connectivity index (χ2n) is 4.87.